The molecule has 2 heterocycles. The Morgan fingerprint density at radius 1 is 0.917 bits per heavy atom. The van der Waals surface area contributed by atoms with Crippen molar-refractivity contribution in [3.05, 3.63) is 133 Å². The van der Waals surface area contributed by atoms with Gasteiger partial charge in [-0.05, 0) is 73.9 Å². The van der Waals surface area contributed by atoms with Crippen molar-refractivity contribution in [2.24, 2.45) is 4.99 Å². The quantitative estimate of drug-likeness (QED) is 0.167. The normalized spacial score (nSPS) is 14.4. The third-order valence-corrected chi connectivity index (χ3v) is 9.55. The van der Waals surface area contributed by atoms with Gasteiger partial charge in [0.2, 0.25) is 0 Å². The Hall–Kier alpha value is -5.15. The van der Waals surface area contributed by atoms with Crippen molar-refractivity contribution in [3.63, 3.8) is 0 Å². The van der Waals surface area contributed by atoms with Crippen LogP contribution in [0, 0.1) is 0 Å². The van der Waals surface area contributed by atoms with E-state index in [-0.39, 0.29) is 11.5 Å². The summed E-state index contributed by atoms with van der Waals surface area (Å²) in [5.74, 6) is 1.66. The van der Waals surface area contributed by atoms with Crippen LogP contribution in [0.1, 0.15) is 50.4 Å². The number of likely N-dealkylation sites (N-methyl/N-ethyl adjacent to an activating group) is 1. The van der Waals surface area contributed by atoms with Crippen LogP contribution in [0.3, 0.4) is 0 Å². The Bertz CT molecular complexity index is 2190. The first kappa shape index (κ1) is 32.8. The molecule has 0 saturated carbocycles. The molecule has 0 bridgehead atoms. The lowest BCUT2D eigenvalue weighted by molar-refractivity contribution is -0.127. The molecule has 246 valence electrons. The molecule has 0 aliphatic carbocycles. The van der Waals surface area contributed by atoms with Crippen molar-refractivity contribution in [1.82, 2.24) is 9.47 Å². The van der Waals surface area contributed by atoms with Crippen LogP contribution in [0.2, 0.25) is 0 Å². The van der Waals surface area contributed by atoms with Gasteiger partial charge in [0.05, 0.1) is 29.5 Å². The van der Waals surface area contributed by atoms with Gasteiger partial charge in [-0.1, -0.05) is 78.1 Å². The zero-order chi connectivity index (χ0) is 33.8. The Balaban J connectivity index is 1.40. The molecular weight excluding hydrogens is 623 g/mol. The number of allylic oxidation sites excluding steroid dienone is 1. The second kappa shape index (κ2) is 14.3. The molecule has 1 amide bonds. The van der Waals surface area contributed by atoms with Gasteiger partial charge in [-0.25, -0.2) is 4.99 Å². The van der Waals surface area contributed by atoms with E-state index >= 15 is 0 Å². The Morgan fingerprint density at radius 2 is 1.67 bits per heavy atom. The van der Waals surface area contributed by atoms with E-state index in [0.717, 1.165) is 27.5 Å². The summed E-state index contributed by atoms with van der Waals surface area (Å²) in [6.45, 7) is 9.58. The molecule has 0 unspecified atom stereocenters. The van der Waals surface area contributed by atoms with Crippen molar-refractivity contribution < 1.29 is 19.0 Å². The molecule has 1 aromatic heterocycles. The summed E-state index contributed by atoms with van der Waals surface area (Å²) in [5, 5.41) is 2.31. The zero-order valence-electron chi connectivity index (χ0n) is 27.9. The number of aromatic nitrogens is 1. The van der Waals surface area contributed by atoms with Crippen LogP contribution in [-0.2, 0) is 11.4 Å². The fourth-order valence-corrected chi connectivity index (χ4v) is 7.24. The SMILES string of the molecule is CCOc1cc(/C=c2/sc3n(c2=O)[C@H](c2ccccc2OC)C(C(=O)N(CC)CC)=C(C)N=3)ccc1OCc1cccc2ccccc12. The summed E-state index contributed by atoms with van der Waals surface area (Å²) < 4.78 is 20.1. The third kappa shape index (κ3) is 6.25. The highest BCUT2D eigenvalue weighted by Gasteiger charge is 2.35. The number of carbonyl (C=O) groups is 1. The molecule has 48 heavy (non-hydrogen) atoms. The molecule has 0 N–H and O–H groups in total. The van der Waals surface area contributed by atoms with Crippen molar-refractivity contribution in [2.75, 3.05) is 26.8 Å². The van der Waals surface area contributed by atoms with Gasteiger partial charge in [0, 0.05) is 18.7 Å². The largest absolute Gasteiger partial charge is 0.496 e. The highest BCUT2D eigenvalue weighted by Crippen LogP contribution is 2.36. The maximum Gasteiger partial charge on any atom is 0.271 e. The molecule has 0 fully saturated rings. The minimum absolute atomic E-state index is 0.146. The van der Waals surface area contributed by atoms with Gasteiger partial charge >= 0.3 is 0 Å². The highest BCUT2D eigenvalue weighted by atomic mass is 32.1. The van der Waals surface area contributed by atoms with Crippen molar-refractivity contribution in [1.29, 1.82) is 0 Å². The molecule has 0 saturated heterocycles. The number of nitrogens with zero attached hydrogens (tertiary/aromatic N) is 3. The smallest absolute Gasteiger partial charge is 0.271 e. The maximum atomic E-state index is 14.3. The summed E-state index contributed by atoms with van der Waals surface area (Å²) >= 11 is 1.29. The van der Waals surface area contributed by atoms with Crippen molar-refractivity contribution in [3.8, 4) is 17.2 Å². The number of amides is 1. The number of thiazole rings is 1. The molecule has 9 heteroatoms. The van der Waals surface area contributed by atoms with Gasteiger partial charge < -0.3 is 19.1 Å². The van der Waals surface area contributed by atoms with Crippen LogP contribution in [0.25, 0.3) is 16.8 Å². The molecule has 6 rings (SSSR count). The van der Waals surface area contributed by atoms with Crippen LogP contribution in [0.15, 0.2) is 106 Å². The molecule has 1 aliphatic heterocycles. The standard InChI is InChI=1S/C39H39N3O5S/c1-6-41(7-2)38(44)35-25(4)40-39-42(36(35)30-18-11-12-19-31(30)45-5)37(43)34(48-39)23-26-20-21-32(33(22-26)46-8-3)47-24-28-16-13-15-27-14-9-10-17-29(27)28/h9-23,36H,6-8,24H2,1-5H3/b34-23+/t36-/m1/s1. The molecule has 8 nitrogen and oxygen atoms in total. The van der Waals surface area contributed by atoms with Gasteiger partial charge in [0.15, 0.2) is 16.3 Å². The van der Waals surface area contributed by atoms with Gasteiger partial charge in [0.25, 0.3) is 11.5 Å². The second-order valence-electron chi connectivity index (χ2n) is 11.4. The van der Waals surface area contributed by atoms with E-state index in [1.165, 1.54) is 11.3 Å². The molecule has 1 aliphatic rings. The van der Waals surface area contributed by atoms with Crippen LogP contribution >= 0.6 is 11.3 Å². The molecule has 4 aromatic carbocycles. The second-order valence-corrected chi connectivity index (χ2v) is 12.4. The van der Waals surface area contributed by atoms with E-state index in [2.05, 4.69) is 24.3 Å². The first-order valence-corrected chi connectivity index (χ1v) is 17.0. The number of hydrogen-bond donors (Lipinski definition) is 0. The Kier molecular flexibility index (Phi) is 9.77. The average molecular weight is 662 g/mol. The molecule has 1 atom stereocenters. The lowest BCUT2D eigenvalue weighted by Gasteiger charge is -2.29. The van der Waals surface area contributed by atoms with Crippen LogP contribution in [-0.4, -0.2) is 42.2 Å². The number of carbonyl (C=O) groups excluding carboxylic acids is 1. The monoisotopic (exact) mass is 661 g/mol. The molecular formula is C39H39N3O5S. The Morgan fingerprint density at radius 3 is 2.44 bits per heavy atom. The van der Waals surface area contributed by atoms with Gasteiger partial charge in [-0.15, -0.1) is 0 Å². The highest BCUT2D eigenvalue weighted by molar-refractivity contribution is 7.07. The molecule has 0 radical (unpaired) electrons. The summed E-state index contributed by atoms with van der Waals surface area (Å²) in [6.07, 6.45) is 1.84. The van der Waals surface area contributed by atoms with Crippen molar-refractivity contribution >= 4 is 34.1 Å². The van der Waals surface area contributed by atoms with E-state index in [9.17, 15) is 9.59 Å². The molecule has 5 aromatic rings. The van der Waals surface area contributed by atoms with Crippen LogP contribution in [0.5, 0.6) is 17.2 Å². The van der Waals surface area contributed by atoms with E-state index < -0.39 is 6.04 Å². The predicted octanol–water partition coefficient (Wildman–Crippen LogP) is 6.24. The zero-order valence-corrected chi connectivity index (χ0v) is 28.7. The van der Waals surface area contributed by atoms with E-state index in [1.54, 1.807) is 16.6 Å². The van der Waals surface area contributed by atoms with E-state index in [4.69, 9.17) is 19.2 Å². The Labute approximate surface area is 283 Å². The number of benzene rings is 4. The fraction of sp³-hybridized carbons (Fsp3) is 0.256. The summed E-state index contributed by atoms with van der Waals surface area (Å²) in [7, 11) is 1.59. The average Bonchev–Trinajstić information content (AvgIpc) is 3.41. The van der Waals surface area contributed by atoms with Gasteiger partial charge in [-0.2, -0.15) is 0 Å². The van der Waals surface area contributed by atoms with Crippen LogP contribution in [0.4, 0.5) is 0 Å². The summed E-state index contributed by atoms with van der Waals surface area (Å²) in [5.41, 5.74) is 3.41. The lowest BCUT2D eigenvalue weighted by Crippen LogP contribution is -2.43. The fourth-order valence-electron chi connectivity index (χ4n) is 6.19. The third-order valence-electron chi connectivity index (χ3n) is 8.56. The summed E-state index contributed by atoms with van der Waals surface area (Å²) in [4.78, 5) is 35.3. The number of hydrogen-bond acceptors (Lipinski definition) is 7. The summed E-state index contributed by atoms with van der Waals surface area (Å²) in [6, 6.07) is 26.9. The number of ether oxygens (including phenoxy) is 3. The number of fused-ring (bicyclic) bond motifs is 2. The van der Waals surface area contributed by atoms with Gasteiger partial charge in [-0.3, -0.25) is 14.2 Å². The lowest BCUT2D eigenvalue weighted by atomic mass is 9.94. The molecule has 0 spiro atoms. The predicted molar refractivity (Wildman–Crippen MR) is 191 cm³/mol. The number of methoxy groups -OCH3 is 1. The maximum absolute atomic E-state index is 14.3. The minimum atomic E-state index is -0.698. The number of rotatable bonds is 11. The van der Waals surface area contributed by atoms with E-state index in [1.807, 2.05) is 94.4 Å². The van der Waals surface area contributed by atoms with E-state index in [0.29, 0.717) is 64.2 Å². The topological polar surface area (TPSA) is 82.4 Å². The first-order valence-electron chi connectivity index (χ1n) is 16.2. The minimum Gasteiger partial charge on any atom is -0.496 e. The van der Waals surface area contributed by atoms with Crippen LogP contribution < -0.4 is 29.1 Å². The van der Waals surface area contributed by atoms with Crippen molar-refractivity contribution in [2.45, 2.75) is 40.3 Å². The first-order chi connectivity index (χ1) is 23.4. The van der Waals surface area contributed by atoms with Gasteiger partial charge in [0.1, 0.15) is 18.4 Å². The number of para-hydroxylation sites is 1.